The van der Waals surface area contributed by atoms with Gasteiger partial charge >= 0.3 is 0 Å². The first-order valence-corrected chi connectivity index (χ1v) is 8.59. The molecule has 15 heteroatoms. The van der Waals surface area contributed by atoms with Crippen LogP contribution in [-0.4, -0.2) is 47.5 Å². The Hall–Kier alpha value is -4.33. The van der Waals surface area contributed by atoms with E-state index in [0.29, 0.717) is 10.6 Å². The van der Waals surface area contributed by atoms with Crippen LogP contribution in [-0.2, 0) is 11.3 Å². The van der Waals surface area contributed by atoms with E-state index >= 15 is 0 Å². The number of carbonyl (C=O) groups is 1. The molecule has 0 unspecified atom stereocenters. The minimum absolute atomic E-state index is 0.0289. The molecule has 14 nitrogen and oxygen atoms in total. The second-order valence-electron chi connectivity index (χ2n) is 5.73. The Morgan fingerprint density at radius 3 is 2.50 bits per heavy atom. The number of nitrogens with zero attached hydrogens (tertiary/aromatic N) is 8. The number of hydrazone groups is 1. The molecule has 0 saturated carbocycles. The Labute approximate surface area is 171 Å². The Bertz CT molecular complexity index is 1230. The van der Waals surface area contributed by atoms with Gasteiger partial charge in [0.15, 0.2) is 28.8 Å². The van der Waals surface area contributed by atoms with E-state index in [0.717, 1.165) is 0 Å². The van der Waals surface area contributed by atoms with E-state index in [1.165, 1.54) is 10.9 Å². The molecular formula is C15H12ClN11O3. The van der Waals surface area contributed by atoms with Crippen molar-refractivity contribution in [2.75, 3.05) is 11.5 Å². The van der Waals surface area contributed by atoms with Gasteiger partial charge in [0.25, 0.3) is 5.91 Å². The number of anilines is 2. The van der Waals surface area contributed by atoms with Gasteiger partial charge in [0.2, 0.25) is 5.82 Å². The van der Waals surface area contributed by atoms with E-state index in [1.807, 2.05) is 0 Å². The van der Waals surface area contributed by atoms with Gasteiger partial charge in [-0.1, -0.05) is 29.8 Å². The molecule has 4 aromatic rings. The summed E-state index contributed by atoms with van der Waals surface area (Å²) in [5, 5.41) is 22.9. The van der Waals surface area contributed by atoms with Crippen LogP contribution in [0.25, 0.3) is 23.0 Å². The Morgan fingerprint density at radius 1 is 1.13 bits per heavy atom. The van der Waals surface area contributed by atoms with Crippen molar-refractivity contribution in [3.8, 4) is 23.0 Å². The van der Waals surface area contributed by atoms with Crippen molar-refractivity contribution >= 4 is 35.4 Å². The van der Waals surface area contributed by atoms with Gasteiger partial charge in [-0.2, -0.15) is 5.10 Å². The van der Waals surface area contributed by atoms with E-state index in [2.05, 4.69) is 50.5 Å². The molecule has 3 aromatic heterocycles. The molecule has 0 atom stereocenters. The number of hydrogen-bond donors (Lipinski definition) is 3. The number of aromatic nitrogens is 7. The summed E-state index contributed by atoms with van der Waals surface area (Å²) >= 11 is 6.04. The van der Waals surface area contributed by atoms with Crippen LogP contribution >= 0.6 is 11.6 Å². The highest BCUT2D eigenvalue weighted by Gasteiger charge is 2.24. The maximum Gasteiger partial charge on any atom is 0.261 e. The molecular weight excluding hydrogens is 418 g/mol. The van der Waals surface area contributed by atoms with Crippen LogP contribution < -0.4 is 16.9 Å². The van der Waals surface area contributed by atoms with Crippen LogP contribution in [0.2, 0.25) is 5.02 Å². The summed E-state index contributed by atoms with van der Waals surface area (Å²) in [5.41, 5.74) is 14.6. The zero-order valence-electron chi connectivity index (χ0n) is 14.9. The van der Waals surface area contributed by atoms with Crippen molar-refractivity contribution in [3.63, 3.8) is 0 Å². The second kappa shape index (κ2) is 7.96. The molecule has 5 N–H and O–H groups in total. The van der Waals surface area contributed by atoms with Crippen LogP contribution in [0.5, 0.6) is 0 Å². The monoisotopic (exact) mass is 429 g/mol. The summed E-state index contributed by atoms with van der Waals surface area (Å²) < 4.78 is 10.4. The predicted octanol–water partition coefficient (Wildman–Crippen LogP) is 0.346. The molecule has 0 bridgehead atoms. The smallest absolute Gasteiger partial charge is 0.261 e. The average Bonchev–Trinajstić information content (AvgIpc) is 3.43. The number of carbonyl (C=O) groups excluding carboxylic acids is 1. The van der Waals surface area contributed by atoms with Gasteiger partial charge in [0.05, 0.1) is 6.21 Å². The van der Waals surface area contributed by atoms with E-state index in [-0.39, 0.29) is 41.2 Å². The minimum atomic E-state index is -0.516. The van der Waals surface area contributed by atoms with E-state index in [1.54, 1.807) is 24.3 Å². The minimum Gasteiger partial charge on any atom is -0.379 e. The number of nitrogens with one attached hydrogen (secondary N) is 1. The molecule has 0 aliphatic heterocycles. The van der Waals surface area contributed by atoms with Crippen LogP contribution in [0.3, 0.4) is 0 Å². The third kappa shape index (κ3) is 3.79. The zero-order chi connectivity index (χ0) is 21.1. The number of rotatable bonds is 6. The van der Waals surface area contributed by atoms with Crippen molar-refractivity contribution in [2.45, 2.75) is 6.54 Å². The molecule has 152 valence electrons. The lowest BCUT2D eigenvalue weighted by molar-refractivity contribution is -0.121. The molecule has 0 aliphatic carbocycles. The van der Waals surface area contributed by atoms with Gasteiger partial charge < -0.3 is 11.5 Å². The molecule has 4 rings (SSSR count). The van der Waals surface area contributed by atoms with E-state index in [4.69, 9.17) is 23.1 Å². The first-order chi connectivity index (χ1) is 14.5. The summed E-state index contributed by atoms with van der Waals surface area (Å²) in [6.07, 6.45) is 1.41. The fourth-order valence-electron chi connectivity index (χ4n) is 2.35. The summed E-state index contributed by atoms with van der Waals surface area (Å²) in [4.78, 5) is 16.6. The molecule has 0 fully saturated rings. The fraction of sp³-hybridized carbons (Fsp3) is 0.0667. The predicted molar refractivity (Wildman–Crippen MR) is 103 cm³/mol. The molecule has 1 amide bonds. The second-order valence-corrected chi connectivity index (χ2v) is 6.13. The maximum atomic E-state index is 12.3. The summed E-state index contributed by atoms with van der Waals surface area (Å²) in [6.45, 7) is -0.292. The number of nitrogens with two attached hydrogens (primary N) is 2. The van der Waals surface area contributed by atoms with Gasteiger partial charge in [-0.3, -0.25) is 4.79 Å². The normalized spacial score (nSPS) is 11.2. The number of amides is 1. The molecule has 1 aromatic carbocycles. The SMILES string of the molecule is Nc1nonc1-c1nc(-c2nonc2N)n(CC(=O)NN=Cc2ccccc2Cl)n1. The van der Waals surface area contributed by atoms with E-state index in [9.17, 15) is 4.79 Å². The highest BCUT2D eigenvalue weighted by atomic mass is 35.5. The highest BCUT2D eigenvalue weighted by Crippen LogP contribution is 2.25. The summed E-state index contributed by atoms with van der Waals surface area (Å²) in [6, 6.07) is 7.02. The third-order valence-electron chi connectivity index (χ3n) is 3.71. The van der Waals surface area contributed by atoms with Crippen molar-refractivity contribution in [1.82, 2.24) is 40.8 Å². The zero-order valence-corrected chi connectivity index (χ0v) is 15.7. The van der Waals surface area contributed by atoms with Crippen LogP contribution in [0.1, 0.15) is 5.56 Å². The topological polar surface area (TPSA) is 202 Å². The largest absolute Gasteiger partial charge is 0.379 e. The number of halogens is 1. The summed E-state index contributed by atoms with van der Waals surface area (Å²) in [5.74, 6) is -0.454. The van der Waals surface area contributed by atoms with Crippen LogP contribution in [0, 0.1) is 0 Å². The lowest BCUT2D eigenvalue weighted by atomic mass is 10.2. The quantitative estimate of drug-likeness (QED) is 0.281. The molecule has 0 spiro atoms. The Kier molecular flexibility index (Phi) is 5.04. The molecule has 30 heavy (non-hydrogen) atoms. The first-order valence-electron chi connectivity index (χ1n) is 8.21. The Balaban J connectivity index is 1.57. The highest BCUT2D eigenvalue weighted by molar-refractivity contribution is 6.33. The maximum absolute atomic E-state index is 12.3. The number of nitrogen functional groups attached to an aromatic ring is 2. The van der Waals surface area contributed by atoms with Crippen molar-refractivity contribution in [3.05, 3.63) is 34.9 Å². The van der Waals surface area contributed by atoms with Gasteiger partial charge in [-0.05, 0) is 26.7 Å². The van der Waals surface area contributed by atoms with Crippen molar-refractivity contribution < 1.29 is 14.1 Å². The third-order valence-corrected chi connectivity index (χ3v) is 4.06. The molecule has 3 heterocycles. The van der Waals surface area contributed by atoms with Gasteiger partial charge in [0.1, 0.15) is 6.54 Å². The number of benzene rings is 1. The van der Waals surface area contributed by atoms with E-state index < -0.39 is 5.91 Å². The number of hydrogen-bond acceptors (Lipinski definition) is 12. The van der Waals surface area contributed by atoms with Crippen LogP contribution in [0.4, 0.5) is 11.6 Å². The molecule has 0 saturated heterocycles. The van der Waals surface area contributed by atoms with Gasteiger partial charge in [-0.25, -0.2) is 24.3 Å². The summed E-state index contributed by atoms with van der Waals surface area (Å²) in [7, 11) is 0. The fourth-order valence-corrected chi connectivity index (χ4v) is 2.54. The van der Waals surface area contributed by atoms with Crippen molar-refractivity contribution in [1.29, 1.82) is 0 Å². The van der Waals surface area contributed by atoms with Gasteiger partial charge in [0, 0.05) is 10.6 Å². The van der Waals surface area contributed by atoms with Crippen molar-refractivity contribution in [2.24, 2.45) is 5.10 Å². The van der Waals surface area contributed by atoms with Crippen LogP contribution in [0.15, 0.2) is 38.6 Å². The Morgan fingerprint density at radius 2 is 1.83 bits per heavy atom. The average molecular weight is 430 g/mol. The van der Waals surface area contributed by atoms with Gasteiger partial charge in [-0.15, -0.1) is 5.10 Å². The lowest BCUT2D eigenvalue weighted by Crippen LogP contribution is -2.24. The first kappa shape index (κ1) is 19.0. The standard InChI is InChI=1S/C15H12ClN11O3/c16-8-4-2-1-3-7(8)5-19-21-9(28)6-27-15(11-13(18)26-30-24-11)20-14(22-27)10-12(17)25-29-23-10/h1-5H,6H2,(H2,17,25)(H2,18,26)(H,21,28). The lowest BCUT2D eigenvalue weighted by Gasteiger charge is -2.03. The molecule has 0 radical (unpaired) electrons. The molecule has 0 aliphatic rings.